The van der Waals surface area contributed by atoms with E-state index in [9.17, 15) is 0 Å². The van der Waals surface area contributed by atoms with Gasteiger partial charge in [-0.05, 0) is 158 Å². The second kappa shape index (κ2) is 18.4. The largest absolute Gasteiger partial charge is 0.458 e. The summed E-state index contributed by atoms with van der Waals surface area (Å²) in [5.74, 6) is 1.80. The number of hydrogen-bond acceptors (Lipinski definition) is 2. The minimum absolute atomic E-state index is 0.0991. The maximum atomic E-state index is 7.45. The number of fused-ring (bicyclic) bond motifs is 10. The summed E-state index contributed by atoms with van der Waals surface area (Å²) in [7, 11) is 0. The summed E-state index contributed by atoms with van der Waals surface area (Å²) in [4.78, 5) is 2.61. The molecule has 0 fully saturated rings. The Bertz CT molecular complexity index is 4550. The Balaban J connectivity index is 0.967. The molecule has 11 aromatic carbocycles. The molecule has 0 amide bonds. The molecule has 0 saturated heterocycles. The normalized spacial score (nSPS) is 12.8. The molecule has 4 heterocycles. The quantitative estimate of drug-likeness (QED) is 0.134. The van der Waals surface area contributed by atoms with Crippen molar-refractivity contribution in [3.63, 3.8) is 0 Å². The summed E-state index contributed by atoms with van der Waals surface area (Å²) in [6, 6.07) is 90.1. The first-order valence-corrected chi connectivity index (χ1v) is 28.1. The molecule has 0 N–H and O–H groups in total. The number of benzene rings is 11. The molecular weight excluding hydrogens is 958 g/mol. The van der Waals surface area contributed by atoms with E-state index in [1.165, 1.54) is 116 Å². The van der Waals surface area contributed by atoms with E-state index in [-0.39, 0.29) is 12.1 Å². The number of aryl methyl sites for hydroxylation is 1. The molecule has 2 aliphatic rings. The van der Waals surface area contributed by atoms with Crippen LogP contribution in [0.4, 0.5) is 17.1 Å². The zero-order valence-corrected chi connectivity index (χ0v) is 45.0. The van der Waals surface area contributed by atoms with Crippen molar-refractivity contribution in [1.82, 2.24) is 9.13 Å². The fraction of sp³-hybridized carbons (Fsp3) is 0.108. The molecule has 79 heavy (non-hydrogen) atoms. The molecule has 378 valence electrons. The van der Waals surface area contributed by atoms with Crippen LogP contribution < -0.4 is 26.0 Å². The summed E-state index contributed by atoms with van der Waals surface area (Å²) in [5, 5.41) is 4.93. The van der Waals surface area contributed by atoms with E-state index in [0.717, 1.165) is 47.6 Å². The first-order valence-electron chi connectivity index (χ1n) is 28.1. The van der Waals surface area contributed by atoms with Crippen LogP contribution in [0, 0.1) is 0 Å². The smallest absolute Gasteiger partial charge is 0.256 e. The molecule has 0 atom stereocenters. The molecule has 0 radical (unpaired) electrons. The van der Waals surface area contributed by atoms with Gasteiger partial charge in [0.05, 0.1) is 22.1 Å². The van der Waals surface area contributed by atoms with Gasteiger partial charge in [0.25, 0.3) is 6.71 Å². The minimum Gasteiger partial charge on any atom is -0.458 e. The molecule has 0 saturated carbocycles. The lowest BCUT2D eigenvalue weighted by molar-refractivity contribution is 0.483. The number of rotatable bonds is 9. The van der Waals surface area contributed by atoms with Gasteiger partial charge in [0, 0.05) is 56.0 Å². The summed E-state index contributed by atoms with van der Waals surface area (Å²) in [6.45, 7) is 9.18. The average molecular weight is 1020 g/mol. The van der Waals surface area contributed by atoms with Gasteiger partial charge in [-0.25, -0.2) is 0 Å². The van der Waals surface area contributed by atoms with Gasteiger partial charge in [0.2, 0.25) is 0 Å². The predicted octanol–water partition coefficient (Wildman–Crippen LogP) is 17.9. The van der Waals surface area contributed by atoms with Crippen molar-refractivity contribution in [2.24, 2.45) is 0 Å². The van der Waals surface area contributed by atoms with Crippen molar-refractivity contribution < 1.29 is 4.74 Å². The Morgan fingerprint density at radius 2 is 0.899 bits per heavy atom. The Morgan fingerprint density at radius 3 is 1.47 bits per heavy atom. The molecule has 0 unspecified atom stereocenters. The van der Waals surface area contributed by atoms with Crippen molar-refractivity contribution in [2.45, 2.75) is 52.4 Å². The molecule has 5 heteroatoms. The van der Waals surface area contributed by atoms with Crippen LogP contribution in [0.2, 0.25) is 0 Å². The lowest BCUT2D eigenvalue weighted by Crippen LogP contribution is -2.59. The average Bonchev–Trinajstić information content (AvgIpc) is 4.19. The molecule has 13 aromatic rings. The van der Waals surface area contributed by atoms with Crippen LogP contribution in [-0.2, 0) is 11.8 Å². The number of nitrogens with zero attached hydrogens (tertiary/aromatic N) is 3. The van der Waals surface area contributed by atoms with E-state index in [4.69, 9.17) is 4.74 Å². The number of aromatic nitrogens is 2. The highest BCUT2D eigenvalue weighted by Crippen LogP contribution is 2.47. The Hall–Kier alpha value is -9.32. The summed E-state index contributed by atoms with van der Waals surface area (Å²) in [6.07, 6.45) is 3.14. The highest BCUT2D eigenvalue weighted by molar-refractivity contribution is 6.99. The standard InChI is InChI=1S/C74H58BN3O/c1-5-6-20-54-41-51(48-21-10-7-11-22-48)31-38-64(54)78-69-46-56(76-65-29-18-16-27-58(65)60-42-52(32-39-67(60)76)49-23-12-8-13-24-49)34-36-62(69)75-63-37-35-57(47-71(63)79-72-45-55(74(2,3)4)44-70(78)73(72)75)77-66-30-19-17-28-59(66)61-43-53(33-40-68(61)77)50-25-14-9-15-26-50/h7-19,21-47H,5-6,20H2,1-4H3. The number of anilines is 3. The van der Waals surface area contributed by atoms with Crippen molar-refractivity contribution in [2.75, 3.05) is 4.90 Å². The Labute approximate surface area is 462 Å². The van der Waals surface area contributed by atoms with Crippen LogP contribution in [0.25, 0.3) is 88.4 Å². The van der Waals surface area contributed by atoms with E-state index >= 15 is 0 Å². The van der Waals surface area contributed by atoms with Crippen LogP contribution in [-0.4, -0.2) is 15.8 Å². The third-order valence-corrected chi connectivity index (χ3v) is 16.9. The maximum absolute atomic E-state index is 7.45. The molecule has 0 aliphatic carbocycles. The molecular formula is C74H58BN3O. The summed E-state index contributed by atoms with van der Waals surface area (Å²) in [5.41, 5.74) is 23.8. The van der Waals surface area contributed by atoms with Crippen molar-refractivity contribution >= 4 is 83.8 Å². The summed E-state index contributed by atoms with van der Waals surface area (Å²) < 4.78 is 12.4. The fourth-order valence-electron chi connectivity index (χ4n) is 13.0. The van der Waals surface area contributed by atoms with Crippen LogP contribution in [0.5, 0.6) is 11.5 Å². The SMILES string of the molecule is CCCCc1cc(-c2ccccc2)ccc1N1c2cc(-n3c4ccccc4c4cc(-c5ccccc5)ccc43)ccc2B2c3ccc(-n4c5ccccc5c5cc(-c6ccccc6)ccc54)cc3Oc3cc(C(C)(C)C)cc1c32. The second-order valence-electron chi connectivity index (χ2n) is 22.7. The minimum atomic E-state index is -0.175. The van der Waals surface area contributed by atoms with Crippen molar-refractivity contribution in [3.05, 3.63) is 254 Å². The first-order chi connectivity index (χ1) is 38.8. The van der Waals surface area contributed by atoms with Gasteiger partial charge in [-0.2, -0.15) is 0 Å². The van der Waals surface area contributed by atoms with Crippen LogP contribution in [0.1, 0.15) is 51.7 Å². The van der Waals surface area contributed by atoms with Gasteiger partial charge in [-0.1, -0.05) is 192 Å². The Morgan fingerprint density at radius 1 is 0.392 bits per heavy atom. The first kappa shape index (κ1) is 46.9. The van der Waals surface area contributed by atoms with Crippen molar-refractivity contribution in [3.8, 4) is 56.3 Å². The van der Waals surface area contributed by atoms with Gasteiger partial charge in [0.15, 0.2) is 0 Å². The second-order valence-corrected chi connectivity index (χ2v) is 22.7. The lowest BCUT2D eigenvalue weighted by Gasteiger charge is -2.42. The highest BCUT2D eigenvalue weighted by atomic mass is 16.5. The molecule has 4 nitrogen and oxygen atoms in total. The van der Waals surface area contributed by atoms with Gasteiger partial charge in [-0.3, -0.25) is 0 Å². The van der Waals surface area contributed by atoms with Gasteiger partial charge >= 0.3 is 0 Å². The molecule has 0 spiro atoms. The Kier molecular flexibility index (Phi) is 10.9. The number of ether oxygens (including phenoxy) is 1. The number of hydrogen-bond donors (Lipinski definition) is 0. The van der Waals surface area contributed by atoms with Crippen LogP contribution >= 0.6 is 0 Å². The van der Waals surface area contributed by atoms with E-state index < -0.39 is 0 Å². The van der Waals surface area contributed by atoms with Gasteiger partial charge < -0.3 is 18.8 Å². The molecule has 15 rings (SSSR count). The van der Waals surface area contributed by atoms with E-state index in [1.54, 1.807) is 0 Å². The fourth-order valence-corrected chi connectivity index (χ4v) is 13.0. The van der Waals surface area contributed by atoms with E-state index in [2.05, 4.69) is 284 Å². The molecule has 2 aromatic heterocycles. The number of unbranched alkanes of at least 4 members (excludes halogenated alkanes) is 1. The monoisotopic (exact) mass is 1020 g/mol. The van der Waals surface area contributed by atoms with Crippen LogP contribution in [0.15, 0.2) is 243 Å². The van der Waals surface area contributed by atoms with Gasteiger partial charge in [0.1, 0.15) is 11.5 Å². The zero-order valence-electron chi connectivity index (χ0n) is 45.0. The molecule has 0 bridgehead atoms. The lowest BCUT2D eigenvalue weighted by atomic mass is 9.34. The molecule has 2 aliphatic heterocycles. The highest BCUT2D eigenvalue weighted by Gasteiger charge is 2.43. The van der Waals surface area contributed by atoms with E-state index in [0.29, 0.717) is 0 Å². The van der Waals surface area contributed by atoms with E-state index in [1.807, 2.05) is 0 Å². The summed E-state index contributed by atoms with van der Waals surface area (Å²) >= 11 is 0. The zero-order chi connectivity index (χ0) is 52.9. The third-order valence-electron chi connectivity index (χ3n) is 16.9. The van der Waals surface area contributed by atoms with Crippen LogP contribution in [0.3, 0.4) is 0 Å². The van der Waals surface area contributed by atoms with Gasteiger partial charge in [-0.15, -0.1) is 0 Å². The predicted molar refractivity (Wildman–Crippen MR) is 335 cm³/mol. The topological polar surface area (TPSA) is 22.3 Å². The van der Waals surface area contributed by atoms with Crippen molar-refractivity contribution in [1.29, 1.82) is 0 Å². The third kappa shape index (κ3) is 7.66. The maximum Gasteiger partial charge on any atom is 0.256 e. The number of para-hydroxylation sites is 2.